The molecule has 2 aliphatic rings. The Morgan fingerprint density at radius 3 is 2.40 bits per heavy atom. The van der Waals surface area contributed by atoms with E-state index in [0.29, 0.717) is 5.03 Å². The molecule has 3 heterocycles. The highest BCUT2D eigenvalue weighted by Crippen LogP contribution is 2.45. The topological polar surface area (TPSA) is 175 Å². The molecule has 1 amide bonds. The number of amides is 1. The summed E-state index contributed by atoms with van der Waals surface area (Å²) >= 11 is 8.40. The Kier molecular flexibility index (Phi) is 9.21. The number of allylic oxidation sites excluding steroid dienone is 1. The Morgan fingerprint density at radius 2 is 1.73 bits per heavy atom. The summed E-state index contributed by atoms with van der Waals surface area (Å²) in [6.45, 7) is -0.584. The van der Waals surface area contributed by atoms with Crippen molar-refractivity contribution < 1.29 is 37.6 Å². The van der Waals surface area contributed by atoms with Crippen molar-refractivity contribution in [2.45, 2.75) is 24.3 Å². The third-order valence-electron chi connectivity index (χ3n) is 5.59. The van der Waals surface area contributed by atoms with Gasteiger partial charge < -0.3 is 15.1 Å². The van der Waals surface area contributed by atoms with Crippen LogP contribution in [0.25, 0.3) is 11.0 Å². The largest absolute Gasteiger partial charge is 0.481 e. The monoisotopic (exact) mass is 643 g/mol. The van der Waals surface area contributed by atoms with Crippen LogP contribution in [0.5, 0.6) is 0 Å². The van der Waals surface area contributed by atoms with E-state index in [1.165, 1.54) is 17.8 Å². The Hall–Kier alpha value is -2.96. The van der Waals surface area contributed by atoms with Crippen LogP contribution in [0.15, 0.2) is 45.1 Å². The number of benzene rings is 1. The molecular formula is C23H21N3O9S5. The molecule has 212 valence electrons. The SMILES string of the molecule is O=C(O)CCN1C(=O)/C(=c2/sc(=CC=C3Sc4ccccc4N3CCCS(=O)(=O)O)c(=O)n2CC(=O)O)SC1=S. The molecule has 0 saturated carbocycles. The van der Waals surface area contributed by atoms with E-state index >= 15 is 0 Å². The second kappa shape index (κ2) is 12.3. The molecule has 12 nitrogen and oxygen atoms in total. The molecule has 0 unspecified atom stereocenters. The second-order valence-electron chi connectivity index (χ2n) is 8.39. The second-order valence-corrected chi connectivity index (χ2v) is 13.7. The number of thiazole rings is 1. The van der Waals surface area contributed by atoms with Crippen molar-refractivity contribution in [1.29, 1.82) is 0 Å². The highest BCUT2D eigenvalue weighted by molar-refractivity contribution is 8.30. The Bertz CT molecular complexity index is 1730. The van der Waals surface area contributed by atoms with Gasteiger partial charge in [0.1, 0.15) is 20.4 Å². The summed E-state index contributed by atoms with van der Waals surface area (Å²) in [7, 11) is -4.14. The van der Waals surface area contributed by atoms with E-state index in [4.69, 9.17) is 21.9 Å². The first-order valence-electron chi connectivity index (χ1n) is 11.5. The molecule has 4 rings (SSSR count). The number of hydrogen-bond donors (Lipinski definition) is 3. The standard InChI is InChI=1S/C23H21N3O9S5/c27-17(28)8-10-25-21(32)19(39-23(25)36)22-26(12-18(29)30)20(31)15(38-22)6-7-16-24(9-3-11-40(33,34)35)13-4-1-2-5-14(13)37-16/h1-2,4-7H,3,8-12H2,(H,27,28)(H,29,30)(H,33,34,35)/b15-6?,16-7?,22-19-. The zero-order valence-corrected chi connectivity index (χ0v) is 24.5. The van der Waals surface area contributed by atoms with Crippen LogP contribution >= 0.6 is 47.1 Å². The number of rotatable bonds is 10. The molecule has 1 aromatic carbocycles. The van der Waals surface area contributed by atoms with Crippen molar-refractivity contribution in [1.82, 2.24) is 9.47 Å². The first-order valence-corrected chi connectivity index (χ1v) is 15.9. The molecule has 17 heteroatoms. The molecule has 2 aromatic rings. The van der Waals surface area contributed by atoms with E-state index in [1.807, 2.05) is 29.2 Å². The highest BCUT2D eigenvalue weighted by Gasteiger charge is 2.34. The van der Waals surface area contributed by atoms with Gasteiger partial charge >= 0.3 is 11.9 Å². The molecule has 1 fully saturated rings. The van der Waals surface area contributed by atoms with Gasteiger partial charge in [-0.25, -0.2) is 0 Å². The summed E-state index contributed by atoms with van der Waals surface area (Å²) in [5.74, 6) is -3.43. The van der Waals surface area contributed by atoms with Crippen LogP contribution in [-0.4, -0.2) is 73.7 Å². The normalized spacial score (nSPS) is 18.2. The number of fused-ring (bicyclic) bond motifs is 1. The fraction of sp³-hybridized carbons (Fsp3) is 0.261. The average Bonchev–Trinajstić information content (AvgIpc) is 3.47. The lowest BCUT2D eigenvalue weighted by atomic mass is 10.3. The number of thiocarbonyl (C=S) groups is 1. The van der Waals surface area contributed by atoms with Crippen LogP contribution in [0.2, 0.25) is 0 Å². The number of nitrogens with zero attached hydrogens (tertiary/aromatic N) is 3. The van der Waals surface area contributed by atoms with E-state index < -0.39 is 45.8 Å². The van der Waals surface area contributed by atoms with E-state index in [-0.39, 0.29) is 44.4 Å². The number of carboxylic acids is 2. The number of anilines is 1. The summed E-state index contributed by atoms with van der Waals surface area (Å²) in [4.78, 5) is 52.7. The third-order valence-corrected chi connectivity index (χ3v) is 10.2. The van der Waals surface area contributed by atoms with Gasteiger partial charge in [-0.15, -0.1) is 11.3 Å². The predicted octanol–water partition coefficient (Wildman–Crippen LogP) is 0.950. The Morgan fingerprint density at radius 1 is 1.00 bits per heavy atom. The maximum Gasteiger partial charge on any atom is 0.323 e. The van der Waals surface area contributed by atoms with Crippen LogP contribution in [0.3, 0.4) is 0 Å². The molecule has 0 radical (unpaired) electrons. The minimum Gasteiger partial charge on any atom is -0.481 e. The zero-order chi connectivity index (χ0) is 29.2. The highest BCUT2D eigenvalue weighted by atomic mass is 32.2. The van der Waals surface area contributed by atoms with Crippen molar-refractivity contribution in [2.24, 2.45) is 0 Å². The number of carboxylic acid groups (broad SMARTS) is 2. The summed E-state index contributed by atoms with van der Waals surface area (Å²) in [5, 5.41) is 19.1. The molecule has 1 saturated heterocycles. The summed E-state index contributed by atoms with van der Waals surface area (Å²) < 4.78 is 32.8. The van der Waals surface area contributed by atoms with Crippen LogP contribution in [0.4, 0.5) is 5.69 Å². The summed E-state index contributed by atoms with van der Waals surface area (Å²) in [6.07, 6.45) is 2.97. The van der Waals surface area contributed by atoms with Gasteiger partial charge in [0.05, 0.1) is 27.4 Å². The third kappa shape index (κ3) is 6.84. The van der Waals surface area contributed by atoms with Gasteiger partial charge in [0.25, 0.3) is 21.6 Å². The first-order chi connectivity index (χ1) is 18.9. The van der Waals surface area contributed by atoms with Crippen molar-refractivity contribution in [3.63, 3.8) is 0 Å². The molecule has 0 spiro atoms. The maximum atomic E-state index is 13.2. The quantitative estimate of drug-likeness (QED) is 0.247. The number of aliphatic carboxylic acids is 2. The number of aromatic nitrogens is 1. The van der Waals surface area contributed by atoms with Crippen LogP contribution < -0.4 is 19.7 Å². The summed E-state index contributed by atoms with van der Waals surface area (Å²) in [6, 6.07) is 7.43. The fourth-order valence-electron chi connectivity index (χ4n) is 3.87. The van der Waals surface area contributed by atoms with Gasteiger partial charge in [0, 0.05) is 18.0 Å². The molecule has 3 N–H and O–H groups in total. The van der Waals surface area contributed by atoms with E-state index in [1.54, 1.807) is 6.08 Å². The van der Waals surface area contributed by atoms with Crippen LogP contribution in [0.1, 0.15) is 12.8 Å². The van der Waals surface area contributed by atoms with Crippen LogP contribution in [-0.2, 0) is 31.0 Å². The van der Waals surface area contributed by atoms with Crippen molar-refractivity contribution in [2.75, 3.05) is 23.7 Å². The Balaban J connectivity index is 1.76. The number of hydrogen-bond acceptors (Lipinski definition) is 11. The van der Waals surface area contributed by atoms with Gasteiger partial charge in [-0.2, -0.15) is 8.42 Å². The maximum absolute atomic E-state index is 13.2. The van der Waals surface area contributed by atoms with Gasteiger partial charge in [0.15, 0.2) is 0 Å². The molecule has 0 atom stereocenters. The number of carbonyl (C=O) groups is 3. The Labute approximate surface area is 245 Å². The van der Waals surface area contributed by atoms with E-state index in [2.05, 4.69) is 0 Å². The number of para-hydroxylation sites is 1. The molecule has 40 heavy (non-hydrogen) atoms. The fourth-order valence-corrected chi connectivity index (χ4v) is 7.96. The van der Waals surface area contributed by atoms with E-state index in [9.17, 15) is 32.7 Å². The van der Waals surface area contributed by atoms with Gasteiger partial charge in [-0.05, 0) is 30.7 Å². The molecule has 1 aromatic heterocycles. The molecule has 0 aliphatic carbocycles. The van der Waals surface area contributed by atoms with E-state index in [0.717, 1.165) is 43.1 Å². The number of carbonyl (C=O) groups excluding carboxylic acids is 1. The number of thioether (sulfide) groups is 2. The predicted molar refractivity (Wildman–Crippen MR) is 156 cm³/mol. The average molecular weight is 644 g/mol. The minimum atomic E-state index is -4.14. The molecule has 0 bridgehead atoms. The van der Waals surface area contributed by atoms with Crippen molar-refractivity contribution in [3.8, 4) is 0 Å². The first kappa shape index (κ1) is 30.0. The molecular weight excluding hydrogens is 623 g/mol. The lowest BCUT2D eigenvalue weighted by Crippen LogP contribution is -2.36. The van der Waals surface area contributed by atoms with Gasteiger partial charge in [0.2, 0.25) is 0 Å². The smallest absolute Gasteiger partial charge is 0.323 e. The van der Waals surface area contributed by atoms with Crippen molar-refractivity contribution >= 4 is 96.0 Å². The summed E-state index contributed by atoms with van der Waals surface area (Å²) in [5.41, 5.74) is 0.199. The zero-order valence-electron chi connectivity index (χ0n) is 20.4. The minimum absolute atomic E-state index is 0.0422. The lowest BCUT2D eigenvalue weighted by Gasteiger charge is -2.19. The van der Waals surface area contributed by atoms with Gasteiger partial charge in [-0.1, -0.05) is 47.9 Å². The van der Waals surface area contributed by atoms with Gasteiger partial charge in [-0.3, -0.25) is 33.2 Å². The van der Waals surface area contributed by atoms with Crippen LogP contribution in [0, 0.1) is 0 Å². The molecule has 2 aliphatic heterocycles. The lowest BCUT2D eigenvalue weighted by molar-refractivity contribution is -0.138. The van der Waals surface area contributed by atoms with Crippen molar-refractivity contribution in [3.05, 3.63) is 54.9 Å².